The predicted molar refractivity (Wildman–Crippen MR) is 92.6 cm³/mol. The minimum Gasteiger partial charge on any atom is -0.320 e. The maximum atomic E-state index is 13.0. The molecule has 0 unspecified atom stereocenters. The van der Waals surface area contributed by atoms with E-state index in [9.17, 15) is 9.18 Å². The number of aryl methyl sites for hydroxylation is 3. The number of rotatable bonds is 3. The van der Waals surface area contributed by atoms with Crippen LogP contribution in [0.1, 0.15) is 27.2 Å². The zero-order chi connectivity index (χ0) is 17.3. The van der Waals surface area contributed by atoms with E-state index in [0.717, 1.165) is 27.9 Å². The molecule has 0 aliphatic carbocycles. The van der Waals surface area contributed by atoms with Gasteiger partial charge in [-0.2, -0.15) is 5.10 Å². The molecule has 0 aliphatic rings. The van der Waals surface area contributed by atoms with Gasteiger partial charge in [-0.25, -0.2) is 4.39 Å². The van der Waals surface area contributed by atoms with E-state index in [-0.39, 0.29) is 11.7 Å². The van der Waals surface area contributed by atoms with Crippen molar-refractivity contribution < 1.29 is 9.18 Å². The van der Waals surface area contributed by atoms with Crippen LogP contribution in [0.5, 0.6) is 0 Å². The van der Waals surface area contributed by atoms with Crippen LogP contribution in [0.2, 0.25) is 0 Å². The van der Waals surface area contributed by atoms with E-state index in [1.54, 1.807) is 18.2 Å². The van der Waals surface area contributed by atoms with Crippen molar-refractivity contribution in [3.63, 3.8) is 0 Å². The molecule has 1 amide bonds. The average molecular weight is 323 g/mol. The number of aromatic amines is 1. The molecular weight excluding hydrogens is 305 g/mol. The van der Waals surface area contributed by atoms with Gasteiger partial charge in [0.2, 0.25) is 0 Å². The largest absolute Gasteiger partial charge is 0.320 e. The lowest BCUT2D eigenvalue weighted by Crippen LogP contribution is -2.14. The van der Waals surface area contributed by atoms with Gasteiger partial charge in [0.15, 0.2) is 0 Å². The molecule has 0 spiro atoms. The molecule has 5 heteroatoms. The fourth-order valence-electron chi connectivity index (χ4n) is 2.76. The first kappa shape index (κ1) is 15.9. The van der Waals surface area contributed by atoms with Crippen LogP contribution in [0.3, 0.4) is 0 Å². The second kappa shape index (κ2) is 6.28. The molecular formula is C19H18FN3O. The van der Waals surface area contributed by atoms with Gasteiger partial charge >= 0.3 is 0 Å². The Balaban J connectivity index is 1.83. The van der Waals surface area contributed by atoms with E-state index in [4.69, 9.17) is 0 Å². The SMILES string of the molecule is Cc1cc(C)c(NC(=O)c2cc(-c3ccc(F)cc3)n[nH]2)c(C)c1. The van der Waals surface area contributed by atoms with Crippen LogP contribution in [-0.4, -0.2) is 16.1 Å². The summed E-state index contributed by atoms with van der Waals surface area (Å²) >= 11 is 0. The van der Waals surface area contributed by atoms with Crippen molar-refractivity contribution in [3.05, 3.63) is 70.7 Å². The molecule has 3 aromatic rings. The molecule has 1 heterocycles. The number of hydrogen-bond acceptors (Lipinski definition) is 2. The number of hydrogen-bond donors (Lipinski definition) is 2. The summed E-state index contributed by atoms with van der Waals surface area (Å²) in [4.78, 5) is 12.5. The lowest BCUT2D eigenvalue weighted by atomic mass is 10.0. The van der Waals surface area contributed by atoms with Crippen molar-refractivity contribution in [2.45, 2.75) is 20.8 Å². The van der Waals surface area contributed by atoms with Crippen molar-refractivity contribution >= 4 is 11.6 Å². The Morgan fingerprint density at radius 2 is 1.67 bits per heavy atom. The van der Waals surface area contributed by atoms with E-state index in [1.807, 2.05) is 32.9 Å². The third-order valence-corrected chi connectivity index (χ3v) is 3.88. The van der Waals surface area contributed by atoms with Crippen molar-refractivity contribution in [2.24, 2.45) is 0 Å². The summed E-state index contributed by atoms with van der Waals surface area (Å²) in [6, 6.07) is 11.7. The number of anilines is 1. The highest BCUT2D eigenvalue weighted by Crippen LogP contribution is 2.23. The van der Waals surface area contributed by atoms with Gasteiger partial charge in [0, 0.05) is 11.3 Å². The minimum atomic E-state index is -0.308. The smallest absolute Gasteiger partial charge is 0.273 e. The van der Waals surface area contributed by atoms with Crippen LogP contribution in [0.15, 0.2) is 42.5 Å². The third-order valence-electron chi connectivity index (χ3n) is 3.88. The highest BCUT2D eigenvalue weighted by atomic mass is 19.1. The molecule has 0 bridgehead atoms. The quantitative estimate of drug-likeness (QED) is 0.751. The summed E-state index contributed by atoms with van der Waals surface area (Å²) in [5.41, 5.74) is 5.69. The van der Waals surface area contributed by atoms with Crippen molar-refractivity contribution in [1.82, 2.24) is 10.2 Å². The van der Waals surface area contributed by atoms with E-state index >= 15 is 0 Å². The molecule has 1 aromatic heterocycles. The molecule has 4 nitrogen and oxygen atoms in total. The van der Waals surface area contributed by atoms with Crippen LogP contribution in [0.4, 0.5) is 10.1 Å². The number of nitrogens with one attached hydrogen (secondary N) is 2. The standard InChI is InChI=1S/C19H18FN3O/c1-11-8-12(2)18(13(3)9-11)21-19(24)17-10-16(22-23-17)14-4-6-15(20)7-5-14/h4-10H,1-3H3,(H,21,24)(H,22,23). The van der Waals surface area contributed by atoms with Gasteiger partial charge in [0.25, 0.3) is 5.91 Å². The fraction of sp³-hybridized carbons (Fsp3) is 0.158. The Kier molecular flexibility index (Phi) is 4.16. The van der Waals surface area contributed by atoms with Crippen LogP contribution in [-0.2, 0) is 0 Å². The molecule has 0 saturated carbocycles. The Labute approximate surface area is 139 Å². The second-order valence-corrected chi connectivity index (χ2v) is 5.90. The van der Waals surface area contributed by atoms with Gasteiger partial charge in [0.05, 0.1) is 5.69 Å². The molecule has 122 valence electrons. The van der Waals surface area contributed by atoms with Gasteiger partial charge in [-0.1, -0.05) is 17.7 Å². The third kappa shape index (κ3) is 3.20. The molecule has 0 radical (unpaired) electrons. The number of nitrogens with zero attached hydrogens (tertiary/aromatic N) is 1. The molecule has 3 rings (SSSR count). The van der Waals surface area contributed by atoms with E-state index in [0.29, 0.717) is 11.4 Å². The highest BCUT2D eigenvalue weighted by Gasteiger charge is 2.14. The first-order valence-electron chi connectivity index (χ1n) is 7.64. The van der Waals surface area contributed by atoms with Gasteiger partial charge in [-0.05, 0) is 62.2 Å². The number of carbonyl (C=O) groups excluding carboxylic acids is 1. The van der Waals surface area contributed by atoms with E-state index < -0.39 is 0 Å². The Morgan fingerprint density at radius 1 is 1.04 bits per heavy atom. The van der Waals surface area contributed by atoms with Crippen LogP contribution in [0.25, 0.3) is 11.3 Å². The minimum absolute atomic E-state index is 0.258. The predicted octanol–water partition coefficient (Wildman–Crippen LogP) is 4.39. The van der Waals surface area contributed by atoms with Gasteiger partial charge in [-0.3, -0.25) is 9.89 Å². The topological polar surface area (TPSA) is 57.8 Å². The Hall–Kier alpha value is -2.95. The molecule has 0 fully saturated rings. The van der Waals surface area contributed by atoms with Gasteiger partial charge in [-0.15, -0.1) is 0 Å². The van der Waals surface area contributed by atoms with Gasteiger partial charge < -0.3 is 5.32 Å². The molecule has 0 saturated heterocycles. The first-order valence-corrected chi connectivity index (χ1v) is 7.64. The summed E-state index contributed by atoms with van der Waals surface area (Å²) in [5, 5.41) is 9.79. The summed E-state index contributed by atoms with van der Waals surface area (Å²) in [6.07, 6.45) is 0. The molecule has 24 heavy (non-hydrogen) atoms. The highest BCUT2D eigenvalue weighted by molar-refractivity contribution is 6.04. The number of halogens is 1. The fourth-order valence-corrected chi connectivity index (χ4v) is 2.76. The van der Waals surface area contributed by atoms with Crippen LogP contribution >= 0.6 is 0 Å². The maximum Gasteiger partial charge on any atom is 0.273 e. The lowest BCUT2D eigenvalue weighted by Gasteiger charge is -2.12. The van der Waals surface area contributed by atoms with Crippen LogP contribution < -0.4 is 5.32 Å². The van der Waals surface area contributed by atoms with Crippen molar-refractivity contribution in [3.8, 4) is 11.3 Å². The van der Waals surface area contributed by atoms with Crippen molar-refractivity contribution in [2.75, 3.05) is 5.32 Å². The van der Waals surface area contributed by atoms with Gasteiger partial charge in [0.1, 0.15) is 11.5 Å². The first-order chi connectivity index (χ1) is 11.4. The summed E-state index contributed by atoms with van der Waals surface area (Å²) in [7, 11) is 0. The number of carbonyl (C=O) groups is 1. The molecule has 2 N–H and O–H groups in total. The molecule has 2 aromatic carbocycles. The lowest BCUT2D eigenvalue weighted by molar-refractivity contribution is 0.102. The molecule has 0 atom stereocenters. The molecule has 0 aliphatic heterocycles. The number of benzene rings is 2. The Morgan fingerprint density at radius 3 is 2.29 bits per heavy atom. The van der Waals surface area contributed by atoms with E-state index in [1.165, 1.54) is 12.1 Å². The monoisotopic (exact) mass is 323 g/mol. The van der Waals surface area contributed by atoms with Crippen LogP contribution in [0, 0.1) is 26.6 Å². The zero-order valence-electron chi connectivity index (χ0n) is 13.8. The maximum absolute atomic E-state index is 13.0. The van der Waals surface area contributed by atoms with E-state index in [2.05, 4.69) is 15.5 Å². The summed E-state index contributed by atoms with van der Waals surface area (Å²) in [5.74, 6) is -0.566. The zero-order valence-corrected chi connectivity index (χ0v) is 13.8. The Bertz CT molecular complexity index is 874. The number of amides is 1. The summed E-state index contributed by atoms with van der Waals surface area (Å²) in [6.45, 7) is 5.95. The normalized spacial score (nSPS) is 10.7. The van der Waals surface area contributed by atoms with Crippen molar-refractivity contribution in [1.29, 1.82) is 0 Å². The number of aromatic nitrogens is 2. The summed E-state index contributed by atoms with van der Waals surface area (Å²) < 4.78 is 13.0. The average Bonchev–Trinajstić information content (AvgIpc) is 3.01. The number of H-pyrrole nitrogens is 1. The second-order valence-electron chi connectivity index (χ2n) is 5.90.